The Morgan fingerprint density at radius 1 is 1.31 bits per heavy atom. The van der Waals surface area contributed by atoms with E-state index in [4.69, 9.17) is 5.73 Å². The molecule has 0 fully saturated rings. The van der Waals surface area contributed by atoms with Gasteiger partial charge in [-0.2, -0.15) is 0 Å². The summed E-state index contributed by atoms with van der Waals surface area (Å²) in [6.07, 6.45) is 1.60. The van der Waals surface area contributed by atoms with Crippen molar-refractivity contribution < 1.29 is 13.2 Å². The SMILES string of the molecule is CCC(CC)NC(=O)CS(=O)(=O)CC(C)N. The highest BCUT2D eigenvalue weighted by atomic mass is 32.2. The first-order chi connectivity index (χ1) is 7.30. The van der Waals surface area contributed by atoms with Crippen LogP contribution in [-0.4, -0.2) is 37.9 Å². The molecule has 0 rings (SSSR count). The summed E-state index contributed by atoms with van der Waals surface area (Å²) in [5, 5.41) is 2.69. The summed E-state index contributed by atoms with van der Waals surface area (Å²) in [6, 6.07) is -0.385. The number of sulfone groups is 1. The van der Waals surface area contributed by atoms with E-state index in [0.29, 0.717) is 0 Å². The van der Waals surface area contributed by atoms with Crippen molar-refractivity contribution in [2.45, 2.75) is 45.7 Å². The van der Waals surface area contributed by atoms with Gasteiger partial charge in [-0.3, -0.25) is 4.79 Å². The number of carbonyl (C=O) groups is 1. The second kappa shape index (κ2) is 6.85. The number of hydrogen-bond donors (Lipinski definition) is 2. The van der Waals surface area contributed by atoms with E-state index in [-0.39, 0.29) is 11.8 Å². The smallest absolute Gasteiger partial charge is 0.235 e. The van der Waals surface area contributed by atoms with E-state index >= 15 is 0 Å². The van der Waals surface area contributed by atoms with Gasteiger partial charge < -0.3 is 11.1 Å². The summed E-state index contributed by atoms with van der Waals surface area (Å²) < 4.78 is 22.9. The Bertz CT molecular complexity index is 308. The number of nitrogens with two attached hydrogens (primary N) is 1. The summed E-state index contributed by atoms with van der Waals surface area (Å²) in [4.78, 5) is 11.4. The zero-order valence-electron chi connectivity index (χ0n) is 10.2. The lowest BCUT2D eigenvalue weighted by molar-refractivity contribution is -0.119. The molecule has 0 bridgehead atoms. The minimum atomic E-state index is -3.38. The predicted molar refractivity (Wildman–Crippen MR) is 64.8 cm³/mol. The Labute approximate surface area is 97.7 Å². The van der Waals surface area contributed by atoms with E-state index in [1.165, 1.54) is 0 Å². The van der Waals surface area contributed by atoms with Crippen molar-refractivity contribution in [1.82, 2.24) is 5.32 Å². The summed E-state index contributed by atoms with van der Waals surface area (Å²) in [5.74, 6) is -1.05. The van der Waals surface area contributed by atoms with Crippen molar-refractivity contribution in [2.75, 3.05) is 11.5 Å². The van der Waals surface area contributed by atoms with Gasteiger partial charge in [0, 0.05) is 12.1 Å². The largest absolute Gasteiger partial charge is 0.353 e. The van der Waals surface area contributed by atoms with Gasteiger partial charge in [0.05, 0.1) is 5.75 Å². The maximum Gasteiger partial charge on any atom is 0.235 e. The first-order valence-corrected chi connectivity index (χ1v) is 7.38. The highest BCUT2D eigenvalue weighted by Crippen LogP contribution is 1.98. The van der Waals surface area contributed by atoms with Crippen LogP contribution in [0.15, 0.2) is 0 Å². The Hall–Kier alpha value is -0.620. The minimum Gasteiger partial charge on any atom is -0.353 e. The second-order valence-electron chi connectivity index (χ2n) is 4.11. The molecule has 0 radical (unpaired) electrons. The molecule has 3 N–H and O–H groups in total. The Morgan fingerprint density at radius 3 is 2.19 bits per heavy atom. The van der Waals surface area contributed by atoms with Crippen LogP contribution in [0.4, 0.5) is 0 Å². The molecule has 0 spiro atoms. The summed E-state index contributed by atoms with van der Waals surface area (Å²) in [5.41, 5.74) is 5.40. The lowest BCUT2D eigenvalue weighted by atomic mass is 10.2. The van der Waals surface area contributed by atoms with Gasteiger partial charge in [-0.1, -0.05) is 13.8 Å². The fraction of sp³-hybridized carbons (Fsp3) is 0.900. The second-order valence-corrected chi connectivity index (χ2v) is 6.22. The first kappa shape index (κ1) is 15.4. The van der Waals surface area contributed by atoms with Crippen LogP contribution in [0.3, 0.4) is 0 Å². The monoisotopic (exact) mass is 250 g/mol. The van der Waals surface area contributed by atoms with Gasteiger partial charge in [0.15, 0.2) is 9.84 Å². The van der Waals surface area contributed by atoms with Gasteiger partial charge in [-0.25, -0.2) is 8.42 Å². The molecule has 0 saturated heterocycles. The maximum atomic E-state index is 11.5. The van der Waals surface area contributed by atoms with E-state index in [2.05, 4.69) is 5.32 Å². The van der Waals surface area contributed by atoms with Crippen molar-refractivity contribution in [1.29, 1.82) is 0 Å². The summed E-state index contributed by atoms with van der Waals surface area (Å²) in [7, 11) is -3.38. The number of amides is 1. The molecular formula is C10H22N2O3S. The van der Waals surface area contributed by atoms with Crippen molar-refractivity contribution in [3.8, 4) is 0 Å². The molecule has 0 heterocycles. The molecule has 0 saturated carbocycles. The molecule has 16 heavy (non-hydrogen) atoms. The third kappa shape index (κ3) is 6.79. The average Bonchev–Trinajstić information content (AvgIpc) is 2.10. The molecule has 0 aromatic rings. The van der Waals surface area contributed by atoms with Crippen LogP contribution in [-0.2, 0) is 14.6 Å². The lowest BCUT2D eigenvalue weighted by Gasteiger charge is -2.15. The van der Waals surface area contributed by atoms with E-state index in [1.54, 1.807) is 6.92 Å². The zero-order chi connectivity index (χ0) is 12.8. The normalized spacial score (nSPS) is 13.8. The van der Waals surface area contributed by atoms with E-state index in [0.717, 1.165) is 12.8 Å². The Kier molecular flexibility index (Phi) is 6.59. The molecule has 1 amide bonds. The Morgan fingerprint density at radius 2 is 1.81 bits per heavy atom. The number of carbonyl (C=O) groups excluding carboxylic acids is 1. The lowest BCUT2D eigenvalue weighted by Crippen LogP contribution is -2.39. The van der Waals surface area contributed by atoms with Gasteiger partial charge in [-0.15, -0.1) is 0 Å². The molecule has 0 aliphatic rings. The van der Waals surface area contributed by atoms with Crippen LogP contribution >= 0.6 is 0 Å². The van der Waals surface area contributed by atoms with Crippen molar-refractivity contribution in [3.05, 3.63) is 0 Å². The third-order valence-electron chi connectivity index (χ3n) is 2.22. The molecule has 6 heteroatoms. The van der Waals surface area contributed by atoms with Crippen LogP contribution in [0.1, 0.15) is 33.6 Å². The van der Waals surface area contributed by atoms with Crippen LogP contribution < -0.4 is 11.1 Å². The molecule has 0 aliphatic heterocycles. The molecule has 0 aromatic carbocycles. The van der Waals surface area contributed by atoms with Gasteiger partial charge in [-0.05, 0) is 19.8 Å². The van der Waals surface area contributed by atoms with Crippen LogP contribution in [0.5, 0.6) is 0 Å². The summed E-state index contributed by atoms with van der Waals surface area (Å²) >= 11 is 0. The maximum absolute atomic E-state index is 11.5. The van der Waals surface area contributed by atoms with E-state index in [9.17, 15) is 13.2 Å². The third-order valence-corrected chi connectivity index (χ3v) is 3.95. The summed E-state index contributed by atoms with van der Waals surface area (Å²) in [6.45, 7) is 5.51. The number of nitrogens with one attached hydrogen (secondary N) is 1. The predicted octanol–water partition coefficient (Wildman–Crippen LogP) is 0.0532. The Balaban J connectivity index is 4.24. The molecule has 0 aromatic heterocycles. The average molecular weight is 250 g/mol. The molecule has 1 unspecified atom stereocenters. The van der Waals surface area contributed by atoms with Gasteiger partial charge in [0.25, 0.3) is 0 Å². The minimum absolute atomic E-state index is 0.0537. The highest BCUT2D eigenvalue weighted by Gasteiger charge is 2.19. The van der Waals surface area contributed by atoms with Crippen molar-refractivity contribution >= 4 is 15.7 Å². The molecule has 1 atom stereocenters. The fourth-order valence-corrected chi connectivity index (χ4v) is 2.82. The topological polar surface area (TPSA) is 89.3 Å². The molecule has 96 valence electrons. The van der Waals surface area contributed by atoms with Crippen molar-refractivity contribution in [2.24, 2.45) is 5.73 Å². The standard InChI is InChI=1S/C10H22N2O3S/c1-4-9(5-2)12-10(13)7-16(14,15)6-8(3)11/h8-9H,4-7,11H2,1-3H3,(H,12,13). The van der Waals surface area contributed by atoms with E-state index in [1.807, 2.05) is 13.8 Å². The van der Waals surface area contributed by atoms with Crippen LogP contribution in [0.2, 0.25) is 0 Å². The number of rotatable bonds is 7. The van der Waals surface area contributed by atoms with Gasteiger partial charge >= 0.3 is 0 Å². The zero-order valence-corrected chi connectivity index (χ0v) is 11.0. The van der Waals surface area contributed by atoms with Gasteiger partial charge in [0.2, 0.25) is 5.91 Å². The highest BCUT2D eigenvalue weighted by molar-refractivity contribution is 7.92. The first-order valence-electron chi connectivity index (χ1n) is 5.56. The fourth-order valence-electron chi connectivity index (χ4n) is 1.42. The number of hydrogen-bond acceptors (Lipinski definition) is 4. The molecular weight excluding hydrogens is 228 g/mol. The van der Waals surface area contributed by atoms with E-state index < -0.39 is 27.5 Å². The quantitative estimate of drug-likeness (QED) is 0.668. The van der Waals surface area contributed by atoms with Gasteiger partial charge in [0.1, 0.15) is 5.75 Å². The molecule has 5 nitrogen and oxygen atoms in total. The van der Waals surface area contributed by atoms with Crippen molar-refractivity contribution in [3.63, 3.8) is 0 Å². The van der Waals surface area contributed by atoms with Crippen LogP contribution in [0, 0.1) is 0 Å². The molecule has 0 aliphatic carbocycles. The van der Waals surface area contributed by atoms with Crippen LogP contribution in [0.25, 0.3) is 0 Å².